The van der Waals surface area contributed by atoms with Gasteiger partial charge >= 0.3 is 23.9 Å². The van der Waals surface area contributed by atoms with Gasteiger partial charge in [0, 0.05) is 34.8 Å². The van der Waals surface area contributed by atoms with Crippen LogP contribution >= 0.6 is 0 Å². The van der Waals surface area contributed by atoms with Gasteiger partial charge < -0.3 is 23.7 Å². The zero-order chi connectivity index (χ0) is 18.9. The molecule has 9 nitrogen and oxygen atoms in total. The van der Waals surface area contributed by atoms with E-state index in [-0.39, 0.29) is 6.61 Å². The molecule has 0 saturated heterocycles. The fraction of sp³-hybridized carbons (Fsp3) is 0.733. The van der Waals surface area contributed by atoms with Crippen LogP contribution in [0.15, 0.2) is 0 Å². The molecule has 0 radical (unpaired) electrons. The molecule has 9 heteroatoms. The van der Waals surface area contributed by atoms with Crippen molar-refractivity contribution < 1.29 is 42.9 Å². The number of carbonyl (C=O) groups excluding carboxylic acids is 4. The molecule has 0 aromatic rings. The lowest BCUT2D eigenvalue weighted by Crippen LogP contribution is -2.51. The van der Waals surface area contributed by atoms with Gasteiger partial charge in [-0.3, -0.25) is 19.2 Å². The normalized spacial score (nSPS) is 15.4. The van der Waals surface area contributed by atoms with Gasteiger partial charge in [-0.2, -0.15) is 0 Å². The Kier molecular flexibility index (Phi) is 9.63. The Morgan fingerprint density at radius 3 is 1.62 bits per heavy atom. The highest BCUT2D eigenvalue weighted by atomic mass is 16.6. The second-order valence-electron chi connectivity index (χ2n) is 5.04. The Hall–Kier alpha value is -2.16. The lowest BCUT2D eigenvalue weighted by atomic mass is 10.0. The Morgan fingerprint density at radius 1 is 0.750 bits per heavy atom. The summed E-state index contributed by atoms with van der Waals surface area (Å²) >= 11 is 0. The number of methoxy groups -OCH3 is 1. The molecule has 0 aliphatic rings. The van der Waals surface area contributed by atoms with Gasteiger partial charge in [0.05, 0.1) is 0 Å². The summed E-state index contributed by atoms with van der Waals surface area (Å²) < 4.78 is 25.4. The van der Waals surface area contributed by atoms with E-state index in [2.05, 4.69) is 0 Å². The number of rotatable bonds is 9. The van der Waals surface area contributed by atoms with E-state index in [4.69, 9.17) is 23.7 Å². The number of hydrogen-bond donors (Lipinski definition) is 0. The van der Waals surface area contributed by atoms with Crippen LogP contribution in [0.4, 0.5) is 0 Å². The number of esters is 4. The summed E-state index contributed by atoms with van der Waals surface area (Å²) in [4.78, 5) is 44.9. The molecule has 0 rings (SSSR count). The molecular formula is C15H24O9. The quantitative estimate of drug-likeness (QED) is 0.431. The average molecular weight is 348 g/mol. The van der Waals surface area contributed by atoms with Gasteiger partial charge in [0.2, 0.25) is 0 Å². The average Bonchev–Trinajstić information content (AvgIpc) is 2.41. The van der Waals surface area contributed by atoms with Crippen LogP contribution in [0.25, 0.3) is 0 Å². The van der Waals surface area contributed by atoms with Crippen LogP contribution in [0.1, 0.15) is 34.6 Å². The Bertz CT molecular complexity index is 460. The predicted molar refractivity (Wildman–Crippen MR) is 79.8 cm³/mol. The molecular weight excluding hydrogens is 324 g/mol. The molecule has 0 aromatic heterocycles. The maximum atomic E-state index is 11.4. The third kappa shape index (κ3) is 8.47. The zero-order valence-electron chi connectivity index (χ0n) is 14.7. The van der Waals surface area contributed by atoms with E-state index in [9.17, 15) is 19.2 Å². The van der Waals surface area contributed by atoms with E-state index in [0.717, 1.165) is 13.8 Å². The molecule has 24 heavy (non-hydrogen) atoms. The first-order chi connectivity index (χ1) is 11.1. The van der Waals surface area contributed by atoms with Crippen LogP contribution < -0.4 is 0 Å². The van der Waals surface area contributed by atoms with Crippen molar-refractivity contribution in [2.24, 2.45) is 0 Å². The SMILES string of the molecule is COC(C(C)OC(C)=O)C(OC(C)=O)C(COC(C)=O)OC(C)=O. The highest BCUT2D eigenvalue weighted by Gasteiger charge is 2.40. The van der Waals surface area contributed by atoms with Gasteiger partial charge in [0.25, 0.3) is 0 Å². The Labute approximate surface area is 140 Å². The first kappa shape index (κ1) is 21.8. The standard InChI is InChI=1S/C15H24O9/c1-8(22-10(3)17)14(20-6)15(24-12(5)19)13(23-11(4)18)7-21-9(2)16/h8,13-15H,7H2,1-6H3. The molecule has 0 aliphatic heterocycles. The van der Waals surface area contributed by atoms with Crippen molar-refractivity contribution in [2.45, 2.75) is 59.0 Å². The van der Waals surface area contributed by atoms with Crippen LogP contribution in [0.5, 0.6) is 0 Å². The third-order valence-corrected chi connectivity index (χ3v) is 2.85. The van der Waals surface area contributed by atoms with Gasteiger partial charge in [0.1, 0.15) is 18.8 Å². The fourth-order valence-electron chi connectivity index (χ4n) is 2.08. The van der Waals surface area contributed by atoms with Gasteiger partial charge in [-0.25, -0.2) is 0 Å². The first-order valence-electron chi connectivity index (χ1n) is 7.26. The minimum absolute atomic E-state index is 0.348. The molecule has 0 N–H and O–H groups in total. The molecule has 0 amide bonds. The molecule has 0 saturated carbocycles. The summed E-state index contributed by atoms with van der Waals surface area (Å²) in [5, 5.41) is 0. The second kappa shape index (κ2) is 10.6. The maximum absolute atomic E-state index is 11.4. The first-order valence-corrected chi connectivity index (χ1v) is 7.26. The second-order valence-corrected chi connectivity index (χ2v) is 5.04. The minimum Gasteiger partial charge on any atom is -0.462 e. The topological polar surface area (TPSA) is 114 Å². The number of ether oxygens (including phenoxy) is 5. The molecule has 0 fully saturated rings. The maximum Gasteiger partial charge on any atom is 0.303 e. The molecule has 0 aliphatic carbocycles. The van der Waals surface area contributed by atoms with Crippen LogP contribution in [0, 0.1) is 0 Å². The summed E-state index contributed by atoms with van der Waals surface area (Å²) in [7, 11) is 1.32. The number of hydrogen-bond acceptors (Lipinski definition) is 9. The zero-order valence-corrected chi connectivity index (χ0v) is 14.7. The summed E-state index contributed by atoms with van der Waals surface area (Å²) in [6.45, 7) is 5.89. The van der Waals surface area contributed by atoms with Gasteiger partial charge in [-0.05, 0) is 6.92 Å². The van der Waals surface area contributed by atoms with E-state index in [1.807, 2.05) is 0 Å². The van der Waals surface area contributed by atoms with E-state index in [1.165, 1.54) is 27.9 Å². The van der Waals surface area contributed by atoms with Gasteiger partial charge in [-0.15, -0.1) is 0 Å². The van der Waals surface area contributed by atoms with E-state index in [0.29, 0.717) is 0 Å². The predicted octanol–water partition coefficient (Wildman–Crippen LogP) is 0.380. The van der Waals surface area contributed by atoms with Crippen molar-refractivity contribution in [1.82, 2.24) is 0 Å². The lowest BCUT2D eigenvalue weighted by Gasteiger charge is -2.33. The molecule has 0 heterocycles. The van der Waals surface area contributed by atoms with Gasteiger partial charge in [0.15, 0.2) is 12.2 Å². The minimum atomic E-state index is -1.15. The van der Waals surface area contributed by atoms with Crippen molar-refractivity contribution in [3.63, 3.8) is 0 Å². The highest BCUT2D eigenvalue weighted by Crippen LogP contribution is 2.18. The summed E-state index contributed by atoms with van der Waals surface area (Å²) in [6.07, 6.45) is -4.03. The molecule has 4 unspecified atom stereocenters. The summed E-state index contributed by atoms with van der Waals surface area (Å²) in [6, 6.07) is 0. The Morgan fingerprint density at radius 2 is 1.25 bits per heavy atom. The largest absolute Gasteiger partial charge is 0.462 e. The summed E-state index contributed by atoms with van der Waals surface area (Å²) in [5.41, 5.74) is 0. The molecule has 4 atom stereocenters. The molecule has 0 aromatic carbocycles. The molecule has 0 bridgehead atoms. The fourth-order valence-corrected chi connectivity index (χ4v) is 2.08. The third-order valence-electron chi connectivity index (χ3n) is 2.85. The van der Waals surface area contributed by atoms with Crippen molar-refractivity contribution in [1.29, 1.82) is 0 Å². The van der Waals surface area contributed by atoms with Crippen LogP contribution in [0.3, 0.4) is 0 Å². The van der Waals surface area contributed by atoms with Crippen molar-refractivity contribution in [3.8, 4) is 0 Å². The van der Waals surface area contributed by atoms with Gasteiger partial charge in [-0.1, -0.05) is 0 Å². The van der Waals surface area contributed by atoms with E-state index < -0.39 is 48.3 Å². The van der Waals surface area contributed by atoms with Crippen molar-refractivity contribution >= 4 is 23.9 Å². The van der Waals surface area contributed by atoms with Crippen molar-refractivity contribution in [3.05, 3.63) is 0 Å². The monoisotopic (exact) mass is 348 g/mol. The molecule has 138 valence electrons. The lowest BCUT2D eigenvalue weighted by molar-refractivity contribution is -0.195. The molecule has 0 spiro atoms. The van der Waals surface area contributed by atoms with Crippen LogP contribution in [-0.2, 0) is 42.9 Å². The van der Waals surface area contributed by atoms with Crippen LogP contribution in [0.2, 0.25) is 0 Å². The summed E-state index contributed by atoms with van der Waals surface area (Å²) in [5.74, 6) is -2.50. The van der Waals surface area contributed by atoms with Crippen molar-refractivity contribution in [2.75, 3.05) is 13.7 Å². The Balaban J connectivity index is 5.50. The van der Waals surface area contributed by atoms with E-state index in [1.54, 1.807) is 0 Å². The number of carbonyl (C=O) groups is 4. The highest BCUT2D eigenvalue weighted by molar-refractivity contribution is 5.68. The van der Waals surface area contributed by atoms with E-state index >= 15 is 0 Å². The van der Waals surface area contributed by atoms with Crippen LogP contribution in [-0.4, -0.2) is 62.0 Å². The smallest absolute Gasteiger partial charge is 0.303 e.